The highest BCUT2D eigenvalue weighted by molar-refractivity contribution is 5.32. The van der Waals surface area contributed by atoms with Crippen LogP contribution in [0.25, 0.3) is 0 Å². The van der Waals surface area contributed by atoms with Crippen LogP contribution < -0.4 is 5.73 Å². The quantitative estimate of drug-likeness (QED) is 0.736. The first-order valence-electron chi connectivity index (χ1n) is 5.52. The average Bonchev–Trinajstić information content (AvgIpc) is 3.00. The van der Waals surface area contributed by atoms with Crippen LogP contribution in [0.3, 0.4) is 0 Å². The molecule has 2 N–H and O–H groups in total. The van der Waals surface area contributed by atoms with Crippen molar-refractivity contribution in [1.82, 2.24) is 0 Å². The van der Waals surface area contributed by atoms with Crippen LogP contribution in [-0.4, -0.2) is 12.2 Å². The molecule has 0 bridgehead atoms. The largest absolute Gasteiger partial charge is 0.327 e. The fourth-order valence-electron chi connectivity index (χ4n) is 2.02. The molecule has 0 aliphatic heterocycles. The van der Waals surface area contributed by atoms with Crippen molar-refractivity contribution in [2.45, 2.75) is 38.4 Å². The second kappa shape index (κ2) is 3.85. The van der Waals surface area contributed by atoms with Crippen molar-refractivity contribution in [1.29, 1.82) is 0 Å². The summed E-state index contributed by atoms with van der Waals surface area (Å²) in [7, 11) is 0. The number of hydrogen-bond donors (Lipinski definition) is 1. The molecule has 0 aromatic carbocycles. The highest BCUT2D eigenvalue weighted by Crippen LogP contribution is 2.40. The van der Waals surface area contributed by atoms with E-state index in [4.69, 9.17) is 5.73 Å². The van der Waals surface area contributed by atoms with Crippen LogP contribution >= 0.6 is 0 Å². The molecular formula is C12H18FN. The van der Waals surface area contributed by atoms with Gasteiger partial charge in [-0.25, -0.2) is 4.39 Å². The van der Waals surface area contributed by atoms with Crippen LogP contribution in [0.1, 0.15) is 26.2 Å². The molecule has 2 rings (SSSR count). The van der Waals surface area contributed by atoms with Gasteiger partial charge in [-0.05, 0) is 36.8 Å². The maximum absolute atomic E-state index is 13.7. The molecule has 0 aromatic rings. The molecule has 3 atom stereocenters. The average molecular weight is 195 g/mol. The third kappa shape index (κ3) is 1.90. The van der Waals surface area contributed by atoms with Gasteiger partial charge in [-0.2, -0.15) is 0 Å². The number of halogens is 1. The molecule has 14 heavy (non-hydrogen) atoms. The molecule has 2 aliphatic carbocycles. The van der Waals surface area contributed by atoms with Crippen LogP contribution in [0.5, 0.6) is 0 Å². The molecule has 0 aromatic heterocycles. The number of hydrogen-bond acceptors (Lipinski definition) is 1. The topological polar surface area (TPSA) is 26.0 Å². The lowest BCUT2D eigenvalue weighted by Crippen LogP contribution is -2.34. The fourth-order valence-corrected chi connectivity index (χ4v) is 2.02. The van der Waals surface area contributed by atoms with Crippen molar-refractivity contribution < 1.29 is 4.39 Å². The predicted molar refractivity (Wildman–Crippen MR) is 56.6 cm³/mol. The van der Waals surface area contributed by atoms with Gasteiger partial charge in [-0.3, -0.25) is 0 Å². The summed E-state index contributed by atoms with van der Waals surface area (Å²) >= 11 is 0. The van der Waals surface area contributed by atoms with Crippen LogP contribution in [0.15, 0.2) is 23.8 Å². The molecule has 1 fully saturated rings. The van der Waals surface area contributed by atoms with Gasteiger partial charge in [0.15, 0.2) is 0 Å². The van der Waals surface area contributed by atoms with Gasteiger partial charge in [0.25, 0.3) is 0 Å². The van der Waals surface area contributed by atoms with E-state index in [1.165, 1.54) is 18.4 Å². The van der Waals surface area contributed by atoms with Crippen LogP contribution in [0, 0.1) is 11.8 Å². The Morgan fingerprint density at radius 1 is 1.57 bits per heavy atom. The molecular weight excluding hydrogens is 177 g/mol. The van der Waals surface area contributed by atoms with Gasteiger partial charge in [0.1, 0.15) is 6.17 Å². The Labute approximate surface area is 84.9 Å². The van der Waals surface area contributed by atoms with E-state index < -0.39 is 6.17 Å². The molecule has 0 radical (unpaired) electrons. The minimum Gasteiger partial charge on any atom is -0.327 e. The van der Waals surface area contributed by atoms with E-state index in [9.17, 15) is 4.39 Å². The molecule has 0 heterocycles. The van der Waals surface area contributed by atoms with E-state index in [1.54, 1.807) is 6.08 Å². The second-order valence-corrected chi connectivity index (χ2v) is 4.39. The highest BCUT2D eigenvalue weighted by atomic mass is 19.1. The fraction of sp³-hybridized carbons (Fsp3) is 0.667. The molecule has 1 saturated carbocycles. The lowest BCUT2D eigenvalue weighted by molar-refractivity contribution is 0.279. The maximum atomic E-state index is 13.7. The predicted octanol–water partition coefficient (Wildman–Crippen LogP) is 2.58. The Morgan fingerprint density at radius 2 is 2.29 bits per heavy atom. The normalized spacial score (nSPS) is 34.1. The van der Waals surface area contributed by atoms with Crippen LogP contribution in [0.4, 0.5) is 4.39 Å². The van der Waals surface area contributed by atoms with Crippen molar-refractivity contribution in [3.8, 4) is 0 Å². The zero-order valence-electron chi connectivity index (χ0n) is 8.62. The van der Waals surface area contributed by atoms with E-state index >= 15 is 0 Å². The standard InChI is InChI=1S/C12H18FN/c1-2-12(14)10-6-5-9(7-11(10)13)8-3-4-8/h5-8,10-12H,2-4,14H2,1H3. The van der Waals surface area contributed by atoms with E-state index in [0.717, 1.165) is 6.42 Å². The lowest BCUT2D eigenvalue weighted by Gasteiger charge is -2.25. The first-order chi connectivity index (χ1) is 6.72. The third-order valence-corrected chi connectivity index (χ3v) is 3.24. The number of allylic oxidation sites excluding steroid dienone is 3. The minimum atomic E-state index is -0.870. The molecule has 2 heteroatoms. The van der Waals surface area contributed by atoms with Gasteiger partial charge in [-0.15, -0.1) is 0 Å². The number of nitrogens with two attached hydrogens (primary N) is 1. The molecule has 78 valence electrons. The van der Waals surface area contributed by atoms with Gasteiger partial charge in [0, 0.05) is 12.0 Å². The zero-order chi connectivity index (χ0) is 10.1. The van der Waals surface area contributed by atoms with E-state index in [-0.39, 0.29) is 12.0 Å². The van der Waals surface area contributed by atoms with Crippen molar-refractivity contribution >= 4 is 0 Å². The summed E-state index contributed by atoms with van der Waals surface area (Å²) < 4.78 is 13.7. The molecule has 3 unspecified atom stereocenters. The van der Waals surface area contributed by atoms with E-state index in [1.807, 2.05) is 13.0 Å². The molecule has 0 spiro atoms. The smallest absolute Gasteiger partial charge is 0.127 e. The molecule has 0 amide bonds. The summed E-state index contributed by atoms with van der Waals surface area (Å²) in [6.07, 6.45) is 8.24. The van der Waals surface area contributed by atoms with Gasteiger partial charge in [0.05, 0.1) is 0 Å². The molecule has 0 saturated heterocycles. The van der Waals surface area contributed by atoms with Crippen LogP contribution in [0.2, 0.25) is 0 Å². The van der Waals surface area contributed by atoms with E-state index in [2.05, 4.69) is 6.08 Å². The Hall–Kier alpha value is -0.630. The summed E-state index contributed by atoms with van der Waals surface area (Å²) in [5.41, 5.74) is 7.05. The van der Waals surface area contributed by atoms with Gasteiger partial charge < -0.3 is 5.73 Å². The number of rotatable bonds is 3. The number of alkyl halides is 1. The molecule has 2 aliphatic rings. The SMILES string of the molecule is CCC(N)C1C=CC(C2CC2)=CC1F. The molecule has 1 nitrogen and oxygen atoms in total. The maximum Gasteiger partial charge on any atom is 0.127 e. The van der Waals surface area contributed by atoms with Gasteiger partial charge >= 0.3 is 0 Å². The summed E-state index contributed by atoms with van der Waals surface area (Å²) in [6, 6.07) is -0.0433. The Kier molecular flexibility index (Phi) is 2.73. The van der Waals surface area contributed by atoms with Crippen molar-refractivity contribution in [2.24, 2.45) is 17.6 Å². The monoisotopic (exact) mass is 195 g/mol. The van der Waals surface area contributed by atoms with Crippen LogP contribution in [-0.2, 0) is 0 Å². The first-order valence-corrected chi connectivity index (χ1v) is 5.52. The van der Waals surface area contributed by atoms with Gasteiger partial charge in [0.2, 0.25) is 0 Å². The Balaban J connectivity index is 2.03. The minimum absolute atomic E-state index is 0.0433. The lowest BCUT2D eigenvalue weighted by atomic mass is 9.87. The third-order valence-electron chi connectivity index (χ3n) is 3.24. The second-order valence-electron chi connectivity index (χ2n) is 4.39. The summed E-state index contributed by atoms with van der Waals surface area (Å²) in [4.78, 5) is 0. The zero-order valence-corrected chi connectivity index (χ0v) is 8.62. The van der Waals surface area contributed by atoms with Gasteiger partial charge in [-0.1, -0.05) is 19.1 Å². The summed E-state index contributed by atoms with van der Waals surface area (Å²) in [5.74, 6) is 0.533. The summed E-state index contributed by atoms with van der Waals surface area (Å²) in [6.45, 7) is 2.01. The van der Waals surface area contributed by atoms with E-state index in [0.29, 0.717) is 5.92 Å². The van der Waals surface area contributed by atoms with Crippen molar-refractivity contribution in [3.63, 3.8) is 0 Å². The first kappa shape index (κ1) is 9.91. The Morgan fingerprint density at radius 3 is 2.79 bits per heavy atom. The Bertz CT molecular complexity index is 265. The van der Waals surface area contributed by atoms with Crippen molar-refractivity contribution in [3.05, 3.63) is 23.8 Å². The van der Waals surface area contributed by atoms with Crippen molar-refractivity contribution in [2.75, 3.05) is 0 Å². The summed E-state index contributed by atoms with van der Waals surface area (Å²) in [5, 5.41) is 0. The highest BCUT2D eigenvalue weighted by Gasteiger charge is 2.31.